The van der Waals surface area contributed by atoms with Crippen LogP contribution in [0, 0.1) is 0 Å². The predicted octanol–water partition coefficient (Wildman–Crippen LogP) is 3.60. The number of hydrogen-bond donors (Lipinski definition) is 2. The van der Waals surface area contributed by atoms with E-state index in [2.05, 4.69) is 5.32 Å². The van der Waals surface area contributed by atoms with Gasteiger partial charge < -0.3 is 15.2 Å². The van der Waals surface area contributed by atoms with Crippen molar-refractivity contribution in [2.75, 3.05) is 5.32 Å². The Morgan fingerprint density at radius 2 is 1.65 bits per heavy atom. The molecule has 1 atom stereocenters. The Labute approximate surface area is 142 Å². The van der Waals surface area contributed by atoms with Gasteiger partial charge in [-0.25, -0.2) is 4.79 Å². The summed E-state index contributed by atoms with van der Waals surface area (Å²) < 4.78 is 4.96. The summed E-state index contributed by atoms with van der Waals surface area (Å²) in [5.74, 6) is -2.04. The molecule has 1 unspecified atom stereocenters. The van der Waals surface area contributed by atoms with Crippen molar-refractivity contribution < 1.29 is 19.4 Å². The number of esters is 1. The van der Waals surface area contributed by atoms with Crippen LogP contribution < -0.4 is 5.32 Å². The lowest BCUT2D eigenvalue weighted by Crippen LogP contribution is -2.35. The Morgan fingerprint density at radius 1 is 1.04 bits per heavy atom. The largest absolute Gasteiger partial charge is 0.477 e. The van der Waals surface area contributed by atoms with Gasteiger partial charge in [-0.15, -0.1) is 0 Å². The Hall–Kier alpha value is -2.24. The zero-order valence-electron chi connectivity index (χ0n) is 11.8. The van der Waals surface area contributed by atoms with Gasteiger partial charge in [-0.2, -0.15) is 0 Å². The van der Waals surface area contributed by atoms with E-state index in [1.54, 1.807) is 42.5 Å². The van der Waals surface area contributed by atoms with E-state index in [4.69, 9.17) is 27.9 Å². The number of aliphatic carboxylic acids is 1. The topological polar surface area (TPSA) is 75.6 Å². The second-order valence-electron chi connectivity index (χ2n) is 4.61. The zero-order chi connectivity index (χ0) is 16.8. The fraction of sp³-hybridized carbons (Fsp3) is 0.125. The monoisotopic (exact) mass is 353 g/mol. The average Bonchev–Trinajstić information content (AvgIpc) is 2.50. The molecule has 120 valence electrons. The van der Waals surface area contributed by atoms with Gasteiger partial charge >= 0.3 is 11.9 Å². The fourth-order valence-electron chi connectivity index (χ4n) is 1.84. The van der Waals surface area contributed by atoms with E-state index in [9.17, 15) is 14.7 Å². The molecule has 2 rings (SSSR count). The van der Waals surface area contributed by atoms with Gasteiger partial charge in [0.1, 0.15) is 0 Å². The van der Waals surface area contributed by atoms with E-state index in [1.807, 2.05) is 6.07 Å². The first-order chi connectivity index (χ1) is 11.0. The molecule has 2 aromatic carbocycles. The third-order valence-electron chi connectivity index (χ3n) is 2.90. The first-order valence-electron chi connectivity index (χ1n) is 6.64. The molecule has 0 fully saturated rings. The molecule has 0 radical (unpaired) electrons. The molecule has 0 aliphatic carbocycles. The van der Waals surface area contributed by atoms with Crippen molar-refractivity contribution in [1.82, 2.24) is 0 Å². The molecule has 5 nitrogen and oxygen atoms in total. The summed E-state index contributed by atoms with van der Waals surface area (Å²) in [7, 11) is 0. The third kappa shape index (κ3) is 4.87. The minimum atomic E-state index is -1.59. The lowest BCUT2D eigenvalue weighted by molar-refractivity contribution is -0.161. The van der Waals surface area contributed by atoms with Crippen molar-refractivity contribution in [1.29, 1.82) is 0 Å². The van der Waals surface area contributed by atoms with Crippen LogP contribution in [-0.2, 0) is 20.7 Å². The molecule has 0 spiro atoms. The smallest absolute Gasteiger partial charge is 0.366 e. The molecule has 0 aliphatic rings. The number of ether oxygens (including phenoxy) is 1. The number of carbonyl (C=O) groups excluding carboxylic acids is 1. The highest BCUT2D eigenvalue weighted by atomic mass is 35.5. The lowest BCUT2D eigenvalue weighted by Gasteiger charge is -2.18. The highest BCUT2D eigenvalue weighted by molar-refractivity contribution is 6.39. The number of carbonyl (C=O) groups is 2. The van der Waals surface area contributed by atoms with E-state index >= 15 is 0 Å². The van der Waals surface area contributed by atoms with E-state index in [0.29, 0.717) is 0 Å². The fourth-order valence-corrected chi connectivity index (χ4v) is 2.35. The first-order valence-corrected chi connectivity index (χ1v) is 7.39. The quantitative estimate of drug-likeness (QED) is 0.612. The number of anilines is 1. The summed E-state index contributed by atoms with van der Waals surface area (Å²) in [6, 6.07) is 13.6. The molecule has 0 amide bonds. The van der Waals surface area contributed by atoms with Crippen LogP contribution in [-0.4, -0.2) is 23.3 Å². The third-order valence-corrected chi connectivity index (χ3v) is 3.53. The molecule has 0 aromatic heterocycles. The maximum atomic E-state index is 11.9. The number of hydrogen-bond acceptors (Lipinski definition) is 4. The minimum absolute atomic E-state index is 0.0391. The molecule has 0 aliphatic heterocycles. The molecule has 0 saturated heterocycles. The molecule has 0 heterocycles. The number of carboxylic acids is 1. The number of benzene rings is 2. The van der Waals surface area contributed by atoms with Crippen LogP contribution in [0.25, 0.3) is 0 Å². The van der Waals surface area contributed by atoms with Crippen molar-refractivity contribution in [2.24, 2.45) is 0 Å². The lowest BCUT2D eigenvalue weighted by atomic mass is 10.2. The predicted molar refractivity (Wildman–Crippen MR) is 87.7 cm³/mol. The zero-order valence-corrected chi connectivity index (χ0v) is 13.3. The van der Waals surface area contributed by atoms with Crippen molar-refractivity contribution in [3.05, 3.63) is 64.1 Å². The van der Waals surface area contributed by atoms with Gasteiger partial charge in [0.2, 0.25) is 0 Å². The Morgan fingerprint density at radius 3 is 2.22 bits per heavy atom. The Balaban J connectivity index is 2.07. The highest BCUT2D eigenvalue weighted by Gasteiger charge is 2.24. The summed E-state index contributed by atoms with van der Waals surface area (Å²) in [4.78, 5) is 23.2. The maximum Gasteiger partial charge on any atom is 0.366 e. The number of halogens is 2. The normalized spacial score (nSPS) is 11.6. The average molecular weight is 354 g/mol. The standard InChI is InChI=1S/C16H13Cl2NO4/c17-11-7-4-8-12(18)14(11)19-15(16(21)22)23-13(20)9-10-5-2-1-3-6-10/h1-8,15,19H,9H2,(H,21,22). The Kier molecular flexibility index (Phi) is 5.84. The van der Waals surface area contributed by atoms with Crippen molar-refractivity contribution in [3.8, 4) is 0 Å². The molecule has 23 heavy (non-hydrogen) atoms. The van der Waals surface area contributed by atoms with Gasteiger partial charge in [0, 0.05) is 0 Å². The number of para-hydroxylation sites is 1. The van der Waals surface area contributed by atoms with Gasteiger partial charge in [-0.3, -0.25) is 4.79 Å². The molecular formula is C16H13Cl2NO4. The van der Waals surface area contributed by atoms with E-state index < -0.39 is 18.2 Å². The Bertz CT molecular complexity index is 686. The van der Waals surface area contributed by atoms with E-state index in [0.717, 1.165) is 5.56 Å². The number of rotatable bonds is 6. The molecule has 0 bridgehead atoms. The molecule has 2 N–H and O–H groups in total. The van der Waals surface area contributed by atoms with E-state index in [-0.39, 0.29) is 22.2 Å². The summed E-state index contributed by atoms with van der Waals surface area (Å²) in [6.45, 7) is 0. The second-order valence-corrected chi connectivity index (χ2v) is 5.43. The van der Waals surface area contributed by atoms with Gasteiger partial charge in [0.25, 0.3) is 6.23 Å². The van der Waals surface area contributed by atoms with Crippen LogP contribution in [0.5, 0.6) is 0 Å². The van der Waals surface area contributed by atoms with Gasteiger partial charge in [-0.05, 0) is 17.7 Å². The molecule has 2 aromatic rings. The summed E-state index contributed by atoms with van der Waals surface area (Å²) in [6.07, 6.45) is -1.63. The van der Waals surface area contributed by atoms with Crippen LogP contribution in [0.2, 0.25) is 10.0 Å². The van der Waals surface area contributed by atoms with Crippen LogP contribution in [0.3, 0.4) is 0 Å². The van der Waals surface area contributed by atoms with Crippen LogP contribution >= 0.6 is 23.2 Å². The molecule has 7 heteroatoms. The van der Waals surface area contributed by atoms with Gasteiger partial charge in [0.05, 0.1) is 22.2 Å². The maximum absolute atomic E-state index is 11.9. The van der Waals surface area contributed by atoms with Gasteiger partial charge in [0.15, 0.2) is 0 Å². The van der Waals surface area contributed by atoms with Gasteiger partial charge in [-0.1, -0.05) is 59.6 Å². The number of carboxylic acid groups (broad SMARTS) is 1. The van der Waals surface area contributed by atoms with Crippen LogP contribution in [0.1, 0.15) is 5.56 Å². The van der Waals surface area contributed by atoms with E-state index in [1.165, 1.54) is 0 Å². The summed E-state index contributed by atoms with van der Waals surface area (Å²) in [5.41, 5.74) is 0.910. The highest BCUT2D eigenvalue weighted by Crippen LogP contribution is 2.30. The SMILES string of the molecule is O=C(Cc1ccccc1)OC(Nc1c(Cl)cccc1Cl)C(=O)O. The summed E-state index contributed by atoms with van der Waals surface area (Å²) >= 11 is 11.9. The van der Waals surface area contributed by atoms with Crippen molar-refractivity contribution >= 4 is 40.8 Å². The summed E-state index contributed by atoms with van der Waals surface area (Å²) in [5, 5.41) is 12.2. The number of nitrogens with one attached hydrogen (secondary N) is 1. The van der Waals surface area contributed by atoms with Crippen LogP contribution in [0.15, 0.2) is 48.5 Å². The van der Waals surface area contributed by atoms with Crippen molar-refractivity contribution in [2.45, 2.75) is 12.6 Å². The molecular weight excluding hydrogens is 341 g/mol. The minimum Gasteiger partial charge on any atom is -0.477 e. The van der Waals surface area contributed by atoms with Crippen molar-refractivity contribution in [3.63, 3.8) is 0 Å². The first kappa shape index (κ1) is 17.1. The molecule has 0 saturated carbocycles. The second kappa shape index (κ2) is 7.85. The van der Waals surface area contributed by atoms with Crippen LogP contribution in [0.4, 0.5) is 5.69 Å².